The first kappa shape index (κ1) is 16.5. The highest BCUT2D eigenvalue weighted by atomic mass is 79.9. The highest BCUT2D eigenvalue weighted by Gasteiger charge is 2.40. The zero-order chi connectivity index (χ0) is 18.4. The van der Waals surface area contributed by atoms with Gasteiger partial charge in [-0.3, -0.25) is 0 Å². The molecule has 0 aliphatic carbocycles. The van der Waals surface area contributed by atoms with Gasteiger partial charge in [-0.05, 0) is 35.9 Å². The van der Waals surface area contributed by atoms with E-state index in [-0.39, 0.29) is 18.1 Å². The third-order valence-corrected chi connectivity index (χ3v) is 5.51. The zero-order valence-electron chi connectivity index (χ0n) is 14.3. The normalized spacial score (nSPS) is 20.5. The molecule has 134 valence electrons. The number of benzene rings is 3. The molecule has 27 heavy (non-hydrogen) atoms. The molecule has 2 aliphatic heterocycles. The molecule has 0 N–H and O–H groups in total. The molecule has 0 radical (unpaired) electrons. The van der Waals surface area contributed by atoms with Crippen LogP contribution in [0.25, 0.3) is 0 Å². The van der Waals surface area contributed by atoms with E-state index in [1.165, 1.54) is 12.1 Å². The van der Waals surface area contributed by atoms with Crippen molar-refractivity contribution in [1.82, 2.24) is 5.01 Å². The minimum absolute atomic E-state index is 0.0801. The van der Waals surface area contributed by atoms with E-state index < -0.39 is 0 Å². The van der Waals surface area contributed by atoms with Crippen molar-refractivity contribution in [3.8, 4) is 5.75 Å². The van der Waals surface area contributed by atoms with Gasteiger partial charge in [-0.1, -0.05) is 58.4 Å². The van der Waals surface area contributed by atoms with Crippen molar-refractivity contribution in [2.24, 2.45) is 5.10 Å². The fourth-order valence-electron chi connectivity index (χ4n) is 3.71. The lowest BCUT2D eigenvalue weighted by Gasteiger charge is -2.38. The first-order valence-corrected chi connectivity index (χ1v) is 9.61. The summed E-state index contributed by atoms with van der Waals surface area (Å²) >= 11 is 3.56. The summed E-state index contributed by atoms with van der Waals surface area (Å²) in [6.07, 6.45) is 0.463. The highest BCUT2D eigenvalue weighted by molar-refractivity contribution is 9.10. The van der Waals surface area contributed by atoms with Gasteiger partial charge in [-0.15, -0.1) is 0 Å². The molecule has 3 nitrogen and oxygen atoms in total. The standard InChI is InChI=1S/C22H16BrFN2O/c23-16-8-11-21-18(12-16)20-13-19(14-6-9-17(24)10-7-14)25-26(20)22(27-21)15-4-2-1-3-5-15/h1-12,20,22H,13H2/t20-,22-/m0/s1. The second-order valence-electron chi connectivity index (χ2n) is 6.72. The lowest BCUT2D eigenvalue weighted by atomic mass is 9.96. The summed E-state index contributed by atoms with van der Waals surface area (Å²) in [5, 5.41) is 6.91. The summed E-state index contributed by atoms with van der Waals surface area (Å²) in [6, 6.07) is 22.8. The van der Waals surface area contributed by atoms with Crippen LogP contribution in [-0.4, -0.2) is 10.7 Å². The molecular formula is C22H16BrFN2O. The van der Waals surface area contributed by atoms with Crippen LogP contribution in [0.3, 0.4) is 0 Å². The van der Waals surface area contributed by atoms with E-state index in [4.69, 9.17) is 9.84 Å². The minimum Gasteiger partial charge on any atom is -0.464 e. The van der Waals surface area contributed by atoms with Crippen LogP contribution in [-0.2, 0) is 0 Å². The van der Waals surface area contributed by atoms with Crippen molar-refractivity contribution < 1.29 is 9.13 Å². The summed E-state index contributed by atoms with van der Waals surface area (Å²) < 4.78 is 20.7. The van der Waals surface area contributed by atoms with E-state index in [1.807, 2.05) is 35.3 Å². The van der Waals surface area contributed by atoms with E-state index >= 15 is 0 Å². The molecule has 5 heteroatoms. The molecule has 0 fully saturated rings. The molecule has 5 rings (SSSR count). The number of ether oxygens (including phenoxy) is 1. The van der Waals surface area contributed by atoms with Crippen LogP contribution < -0.4 is 4.74 Å². The van der Waals surface area contributed by atoms with Crippen molar-refractivity contribution in [2.75, 3.05) is 0 Å². The molecule has 2 atom stereocenters. The van der Waals surface area contributed by atoms with Crippen LogP contribution in [0.5, 0.6) is 5.75 Å². The Bertz CT molecular complexity index is 1020. The molecule has 0 bridgehead atoms. The molecular weight excluding hydrogens is 407 g/mol. The second kappa shape index (κ2) is 6.50. The third kappa shape index (κ3) is 2.92. The number of hydrazone groups is 1. The van der Waals surface area contributed by atoms with Gasteiger partial charge in [0, 0.05) is 22.0 Å². The first-order chi connectivity index (χ1) is 13.2. The molecule has 0 unspecified atom stereocenters. The van der Waals surface area contributed by atoms with Crippen molar-refractivity contribution in [3.63, 3.8) is 0 Å². The Morgan fingerprint density at radius 3 is 2.56 bits per heavy atom. The van der Waals surface area contributed by atoms with E-state index in [2.05, 4.69) is 34.1 Å². The lowest BCUT2D eigenvalue weighted by Crippen LogP contribution is -2.33. The van der Waals surface area contributed by atoms with Gasteiger partial charge in [-0.2, -0.15) is 5.10 Å². The molecule has 0 aromatic heterocycles. The molecule has 3 aromatic carbocycles. The topological polar surface area (TPSA) is 24.8 Å². The maximum Gasteiger partial charge on any atom is 0.213 e. The lowest BCUT2D eigenvalue weighted by molar-refractivity contribution is -0.0190. The predicted molar refractivity (Wildman–Crippen MR) is 106 cm³/mol. The number of fused-ring (bicyclic) bond motifs is 3. The average molecular weight is 423 g/mol. The summed E-state index contributed by atoms with van der Waals surface area (Å²) in [7, 11) is 0. The molecule has 0 saturated carbocycles. The van der Waals surface area contributed by atoms with Gasteiger partial charge in [0.25, 0.3) is 0 Å². The Morgan fingerprint density at radius 2 is 1.78 bits per heavy atom. The van der Waals surface area contributed by atoms with Gasteiger partial charge >= 0.3 is 0 Å². The van der Waals surface area contributed by atoms with E-state index in [0.29, 0.717) is 0 Å². The van der Waals surface area contributed by atoms with Crippen LogP contribution in [0, 0.1) is 5.82 Å². The molecule has 0 spiro atoms. The summed E-state index contributed by atoms with van der Waals surface area (Å²) in [4.78, 5) is 0. The Kier molecular flexibility index (Phi) is 3.97. The average Bonchev–Trinajstić information content (AvgIpc) is 3.14. The second-order valence-corrected chi connectivity index (χ2v) is 7.63. The van der Waals surface area contributed by atoms with E-state index in [9.17, 15) is 4.39 Å². The summed E-state index contributed by atoms with van der Waals surface area (Å²) in [5.41, 5.74) is 4.05. The van der Waals surface area contributed by atoms with Crippen LogP contribution >= 0.6 is 15.9 Å². The fourth-order valence-corrected chi connectivity index (χ4v) is 4.09. The maximum atomic E-state index is 13.3. The van der Waals surface area contributed by atoms with Gasteiger partial charge in [0.05, 0.1) is 11.8 Å². The van der Waals surface area contributed by atoms with Gasteiger partial charge in [0.1, 0.15) is 11.6 Å². The number of hydrogen-bond acceptors (Lipinski definition) is 3. The summed E-state index contributed by atoms with van der Waals surface area (Å²) in [6.45, 7) is 0. The number of nitrogens with zero attached hydrogens (tertiary/aromatic N) is 2. The van der Waals surface area contributed by atoms with Gasteiger partial charge in [0.2, 0.25) is 6.23 Å². The maximum absolute atomic E-state index is 13.3. The van der Waals surface area contributed by atoms with E-state index in [0.717, 1.165) is 39.0 Å². The van der Waals surface area contributed by atoms with Crippen LogP contribution in [0.4, 0.5) is 4.39 Å². The Morgan fingerprint density at radius 1 is 1.00 bits per heavy atom. The molecule has 0 amide bonds. The largest absolute Gasteiger partial charge is 0.464 e. The highest BCUT2D eigenvalue weighted by Crippen LogP contribution is 2.48. The molecule has 0 saturated heterocycles. The minimum atomic E-state index is -0.289. The van der Waals surface area contributed by atoms with Gasteiger partial charge < -0.3 is 4.74 Å². The Hall–Kier alpha value is -2.66. The van der Waals surface area contributed by atoms with Crippen molar-refractivity contribution in [1.29, 1.82) is 0 Å². The van der Waals surface area contributed by atoms with Gasteiger partial charge in [0.15, 0.2) is 0 Å². The van der Waals surface area contributed by atoms with Gasteiger partial charge in [-0.25, -0.2) is 9.40 Å². The number of halogens is 2. The SMILES string of the molecule is Fc1ccc(C2=NN3[C@@H](C2)c2cc(Br)ccc2O[C@H]3c2ccccc2)cc1. The molecule has 2 aliphatic rings. The van der Waals surface area contributed by atoms with E-state index in [1.54, 1.807) is 12.1 Å². The third-order valence-electron chi connectivity index (χ3n) is 5.01. The first-order valence-electron chi connectivity index (χ1n) is 8.82. The predicted octanol–water partition coefficient (Wildman–Crippen LogP) is 5.83. The Labute approximate surface area is 165 Å². The van der Waals surface area contributed by atoms with Crippen LogP contribution in [0.2, 0.25) is 0 Å². The number of rotatable bonds is 2. The van der Waals surface area contributed by atoms with Crippen molar-refractivity contribution in [3.05, 3.63) is 99.8 Å². The molecule has 3 aromatic rings. The van der Waals surface area contributed by atoms with Crippen molar-refractivity contribution in [2.45, 2.75) is 18.7 Å². The van der Waals surface area contributed by atoms with Crippen LogP contribution in [0.15, 0.2) is 82.4 Å². The van der Waals surface area contributed by atoms with Crippen LogP contribution in [0.1, 0.15) is 35.4 Å². The zero-order valence-corrected chi connectivity index (χ0v) is 15.9. The monoisotopic (exact) mass is 422 g/mol. The fraction of sp³-hybridized carbons (Fsp3) is 0.136. The van der Waals surface area contributed by atoms with Crippen molar-refractivity contribution >= 4 is 21.6 Å². The smallest absolute Gasteiger partial charge is 0.213 e. The molecule has 2 heterocycles. The summed E-state index contributed by atoms with van der Waals surface area (Å²) in [5.74, 6) is 0.638. The quantitative estimate of drug-likeness (QED) is 0.518. The number of hydrogen-bond donors (Lipinski definition) is 0. The Balaban J connectivity index is 1.60.